The SMILES string of the molecule is Fc1cc(OCCN2CCCC2)cc(-c2nccc3[nH]c(-c4n[nH]c5ccc(-c6cncc(OCCN7CCCC7)c6)nc45)cc23)c1. The number of rotatable bonds is 11. The third kappa shape index (κ3) is 6.41. The molecule has 8 rings (SSSR count). The summed E-state index contributed by atoms with van der Waals surface area (Å²) in [4.78, 5) is 22.3. The van der Waals surface area contributed by atoms with Crippen molar-refractivity contribution in [2.45, 2.75) is 25.7 Å². The predicted octanol–water partition coefficient (Wildman–Crippen LogP) is 6.32. The largest absolute Gasteiger partial charge is 0.492 e. The molecule has 0 saturated carbocycles. The number of pyridine rings is 3. The van der Waals surface area contributed by atoms with Gasteiger partial charge < -0.3 is 14.5 Å². The van der Waals surface area contributed by atoms with Gasteiger partial charge in [-0.1, -0.05) is 0 Å². The highest BCUT2D eigenvalue weighted by atomic mass is 19.1. The smallest absolute Gasteiger partial charge is 0.138 e. The molecule has 1 aromatic carbocycles. The van der Waals surface area contributed by atoms with Crippen molar-refractivity contribution >= 4 is 21.9 Å². The number of H-pyrrole nitrogens is 2. The van der Waals surface area contributed by atoms with Crippen LogP contribution < -0.4 is 9.47 Å². The number of nitrogens with one attached hydrogen (secondary N) is 2. The molecule has 2 N–H and O–H groups in total. The van der Waals surface area contributed by atoms with E-state index in [1.165, 1.54) is 37.8 Å². The number of hydrogen-bond acceptors (Lipinski definition) is 8. The van der Waals surface area contributed by atoms with Gasteiger partial charge in [-0.3, -0.25) is 24.9 Å². The summed E-state index contributed by atoms with van der Waals surface area (Å²) < 4.78 is 26.8. The number of benzene rings is 1. The van der Waals surface area contributed by atoms with Crippen LogP contribution in [0.3, 0.4) is 0 Å². The van der Waals surface area contributed by atoms with Crippen molar-refractivity contribution in [3.63, 3.8) is 0 Å². The first-order valence-corrected chi connectivity index (χ1v) is 16.5. The Morgan fingerprint density at radius 3 is 2.28 bits per heavy atom. The third-order valence-electron chi connectivity index (χ3n) is 9.11. The van der Waals surface area contributed by atoms with Crippen LogP contribution in [0.1, 0.15) is 25.7 Å². The Hall–Kier alpha value is -4.87. The van der Waals surface area contributed by atoms with E-state index < -0.39 is 0 Å². The second kappa shape index (κ2) is 13.1. The molecule has 11 heteroatoms. The molecule has 6 aromatic rings. The van der Waals surface area contributed by atoms with Crippen molar-refractivity contribution in [1.82, 2.24) is 39.9 Å². The van der Waals surface area contributed by atoms with Crippen LogP contribution in [0.25, 0.3) is 55.8 Å². The standard InChI is InChI=1S/C36H37FN8O2/c37-26-17-24(18-27(20-26)46-15-13-44-9-1-2-10-44)34-29-21-33(40-31(29)7-8-39-34)36-35-32(42-43-36)6-5-30(41-35)25-19-28(23-38-22-25)47-16-14-45-11-3-4-12-45/h5-8,17-23,40H,1-4,9-16H2,(H,42,43). The minimum Gasteiger partial charge on any atom is -0.492 e. The van der Waals surface area contributed by atoms with Crippen molar-refractivity contribution in [1.29, 1.82) is 0 Å². The van der Waals surface area contributed by atoms with Gasteiger partial charge in [0.05, 0.1) is 28.8 Å². The molecule has 47 heavy (non-hydrogen) atoms. The second-order valence-electron chi connectivity index (χ2n) is 12.3. The van der Waals surface area contributed by atoms with Gasteiger partial charge in [0.2, 0.25) is 0 Å². The molecular weight excluding hydrogens is 595 g/mol. The monoisotopic (exact) mass is 632 g/mol. The van der Waals surface area contributed by atoms with E-state index in [1.54, 1.807) is 18.6 Å². The summed E-state index contributed by atoms with van der Waals surface area (Å²) in [6, 6.07) is 14.6. The minimum atomic E-state index is -0.362. The van der Waals surface area contributed by atoms with Gasteiger partial charge >= 0.3 is 0 Å². The molecule has 0 spiro atoms. The summed E-state index contributed by atoms with van der Waals surface area (Å²) in [6.07, 6.45) is 10.2. The molecule has 0 amide bonds. The van der Waals surface area contributed by atoms with Gasteiger partial charge in [0, 0.05) is 53.6 Å². The van der Waals surface area contributed by atoms with E-state index >= 15 is 0 Å². The number of aromatic nitrogens is 6. The molecule has 2 fully saturated rings. The van der Waals surface area contributed by atoms with Crippen LogP contribution in [0.5, 0.6) is 11.5 Å². The maximum atomic E-state index is 14.8. The summed E-state index contributed by atoms with van der Waals surface area (Å²) in [6.45, 7) is 7.38. The van der Waals surface area contributed by atoms with Crippen LogP contribution in [0, 0.1) is 5.82 Å². The van der Waals surface area contributed by atoms with E-state index in [2.05, 4.69) is 34.9 Å². The molecule has 0 atom stereocenters. The molecule has 0 bridgehead atoms. The fourth-order valence-electron chi connectivity index (χ4n) is 6.68. The van der Waals surface area contributed by atoms with E-state index in [9.17, 15) is 4.39 Å². The highest BCUT2D eigenvalue weighted by molar-refractivity contribution is 5.99. The number of hydrogen-bond donors (Lipinski definition) is 2. The number of fused-ring (bicyclic) bond motifs is 2. The minimum absolute atomic E-state index is 0.362. The molecule has 10 nitrogen and oxygen atoms in total. The lowest BCUT2D eigenvalue weighted by Crippen LogP contribution is -2.25. The van der Waals surface area contributed by atoms with Crippen molar-refractivity contribution in [2.24, 2.45) is 0 Å². The van der Waals surface area contributed by atoms with E-state index in [0.29, 0.717) is 35.9 Å². The highest BCUT2D eigenvalue weighted by Crippen LogP contribution is 2.35. The number of likely N-dealkylation sites (tertiary alicyclic amines) is 2. The fourth-order valence-corrected chi connectivity index (χ4v) is 6.68. The fraction of sp³-hybridized carbons (Fsp3) is 0.333. The lowest BCUT2D eigenvalue weighted by atomic mass is 10.1. The maximum absolute atomic E-state index is 14.8. The molecule has 0 radical (unpaired) electrons. The van der Waals surface area contributed by atoms with Crippen LogP contribution in [0.2, 0.25) is 0 Å². The lowest BCUT2D eigenvalue weighted by molar-refractivity contribution is 0.237. The van der Waals surface area contributed by atoms with Gasteiger partial charge in [0.1, 0.15) is 41.7 Å². The van der Waals surface area contributed by atoms with Crippen molar-refractivity contribution < 1.29 is 13.9 Å². The van der Waals surface area contributed by atoms with Crippen LogP contribution in [0.15, 0.2) is 67.1 Å². The maximum Gasteiger partial charge on any atom is 0.138 e. The van der Waals surface area contributed by atoms with E-state index in [4.69, 9.17) is 14.5 Å². The Bertz CT molecular complexity index is 2010. The summed E-state index contributed by atoms with van der Waals surface area (Å²) in [5, 5.41) is 8.59. The molecule has 0 unspecified atom stereocenters. The van der Waals surface area contributed by atoms with Gasteiger partial charge in [-0.2, -0.15) is 5.10 Å². The molecule has 2 aliphatic rings. The Labute approximate surface area is 272 Å². The first-order chi connectivity index (χ1) is 23.2. The number of aromatic amines is 2. The van der Waals surface area contributed by atoms with Crippen LogP contribution in [-0.2, 0) is 0 Å². The van der Waals surface area contributed by atoms with Gasteiger partial charge in [-0.25, -0.2) is 9.37 Å². The zero-order valence-electron chi connectivity index (χ0n) is 26.2. The molecular formula is C36H37FN8O2. The summed E-state index contributed by atoms with van der Waals surface area (Å²) in [7, 11) is 0. The predicted molar refractivity (Wildman–Crippen MR) is 180 cm³/mol. The summed E-state index contributed by atoms with van der Waals surface area (Å²) >= 11 is 0. The molecule has 7 heterocycles. The molecule has 2 aliphatic heterocycles. The van der Waals surface area contributed by atoms with Gasteiger partial charge in [-0.05, 0) is 94.3 Å². The second-order valence-corrected chi connectivity index (χ2v) is 12.3. The Kier molecular flexibility index (Phi) is 8.22. The first kappa shape index (κ1) is 29.5. The Morgan fingerprint density at radius 1 is 0.745 bits per heavy atom. The molecule has 0 aliphatic carbocycles. The van der Waals surface area contributed by atoms with Crippen LogP contribution in [-0.4, -0.2) is 92.4 Å². The van der Waals surface area contributed by atoms with E-state index in [-0.39, 0.29) is 5.82 Å². The Balaban J connectivity index is 1.05. The van der Waals surface area contributed by atoms with Crippen molar-refractivity contribution in [3.05, 3.63) is 72.9 Å². The zero-order chi connectivity index (χ0) is 31.6. The molecule has 5 aromatic heterocycles. The normalized spacial score (nSPS) is 15.7. The van der Waals surface area contributed by atoms with Crippen molar-refractivity contribution in [3.8, 4) is 45.4 Å². The number of nitrogens with zero attached hydrogens (tertiary/aromatic N) is 6. The zero-order valence-corrected chi connectivity index (χ0v) is 26.2. The van der Waals surface area contributed by atoms with E-state index in [0.717, 1.165) is 83.9 Å². The highest BCUT2D eigenvalue weighted by Gasteiger charge is 2.18. The Morgan fingerprint density at radius 2 is 1.49 bits per heavy atom. The average molecular weight is 633 g/mol. The first-order valence-electron chi connectivity index (χ1n) is 16.5. The van der Waals surface area contributed by atoms with Crippen molar-refractivity contribution in [2.75, 3.05) is 52.5 Å². The van der Waals surface area contributed by atoms with Gasteiger partial charge in [-0.15, -0.1) is 0 Å². The number of halogens is 1. The van der Waals surface area contributed by atoms with Gasteiger partial charge in [0.15, 0.2) is 0 Å². The van der Waals surface area contributed by atoms with Crippen LogP contribution in [0.4, 0.5) is 4.39 Å². The third-order valence-corrected chi connectivity index (χ3v) is 9.11. The summed E-state index contributed by atoms with van der Waals surface area (Å²) in [5.41, 5.74) is 6.81. The average Bonchev–Trinajstić information content (AvgIpc) is 3.91. The molecule has 2 saturated heterocycles. The van der Waals surface area contributed by atoms with Crippen LogP contribution >= 0.6 is 0 Å². The molecule has 240 valence electrons. The quantitative estimate of drug-likeness (QED) is 0.171. The lowest BCUT2D eigenvalue weighted by Gasteiger charge is -2.15. The number of ether oxygens (including phenoxy) is 2. The topological polar surface area (TPSA) is 108 Å². The summed E-state index contributed by atoms with van der Waals surface area (Å²) in [5.74, 6) is 0.863. The van der Waals surface area contributed by atoms with E-state index in [1.807, 2.05) is 36.4 Å². The van der Waals surface area contributed by atoms with Gasteiger partial charge in [0.25, 0.3) is 0 Å².